The molecule has 0 radical (unpaired) electrons. The summed E-state index contributed by atoms with van der Waals surface area (Å²) in [5.41, 5.74) is 1.96. The van der Waals surface area contributed by atoms with Gasteiger partial charge in [0.15, 0.2) is 18.1 Å². The van der Waals surface area contributed by atoms with Crippen LogP contribution in [0.15, 0.2) is 48.0 Å². The van der Waals surface area contributed by atoms with Gasteiger partial charge in [-0.3, -0.25) is 4.79 Å². The molecule has 1 aliphatic heterocycles. The van der Waals surface area contributed by atoms with E-state index in [-0.39, 0.29) is 5.57 Å². The molecule has 160 valence electrons. The number of benzene rings is 2. The first-order valence-electron chi connectivity index (χ1n) is 9.72. The van der Waals surface area contributed by atoms with Gasteiger partial charge in [0.1, 0.15) is 11.6 Å². The molecule has 0 saturated carbocycles. The van der Waals surface area contributed by atoms with Crippen LogP contribution in [0.3, 0.4) is 0 Å². The van der Waals surface area contributed by atoms with E-state index < -0.39 is 18.5 Å². The van der Waals surface area contributed by atoms with E-state index in [1.54, 1.807) is 30.3 Å². The average Bonchev–Trinajstić information content (AvgIpc) is 3.01. The molecule has 0 unspecified atom stereocenters. The molecule has 0 atom stereocenters. The third kappa shape index (κ3) is 6.00. The summed E-state index contributed by atoms with van der Waals surface area (Å²) < 4.78 is 16.1. The fourth-order valence-electron chi connectivity index (χ4n) is 2.82. The van der Waals surface area contributed by atoms with E-state index >= 15 is 0 Å². The van der Waals surface area contributed by atoms with Gasteiger partial charge in [0, 0.05) is 38.0 Å². The standard InChI is InChI=1S/C23H23N3O5/c1-26(2)19-7-4-16(5-8-19)12-17(14-24)23(28)31-15-22(27)25-18-6-9-20-21(13-18)30-11-3-10-29-20/h4-9,12-13H,3,10-11,15H2,1-2H3,(H,25,27)/b17-12+. The minimum absolute atomic E-state index is 0.194. The van der Waals surface area contributed by atoms with Crippen molar-refractivity contribution in [3.63, 3.8) is 0 Å². The molecule has 8 heteroatoms. The van der Waals surface area contributed by atoms with E-state index in [4.69, 9.17) is 14.2 Å². The van der Waals surface area contributed by atoms with Crippen LogP contribution in [0.1, 0.15) is 12.0 Å². The first kappa shape index (κ1) is 21.7. The lowest BCUT2D eigenvalue weighted by Crippen LogP contribution is -2.21. The predicted molar refractivity (Wildman–Crippen MR) is 116 cm³/mol. The van der Waals surface area contributed by atoms with Crippen LogP contribution in [0.25, 0.3) is 6.08 Å². The fourth-order valence-corrected chi connectivity index (χ4v) is 2.82. The molecule has 2 aromatic carbocycles. The number of fused-ring (bicyclic) bond motifs is 1. The lowest BCUT2D eigenvalue weighted by atomic mass is 10.1. The Kier molecular flexibility index (Phi) is 7.12. The first-order valence-corrected chi connectivity index (χ1v) is 9.72. The van der Waals surface area contributed by atoms with Crippen molar-refractivity contribution in [2.24, 2.45) is 0 Å². The summed E-state index contributed by atoms with van der Waals surface area (Å²) in [7, 11) is 3.83. The van der Waals surface area contributed by atoms with Crippen LogP contribution in [-0.4, -0.2) is 45.8 Å². The number of anilines is 2. The molecule has 1 aliphatic rings. The number of rotatable bonds is 6. The number of carbonyl (C=O) groups excluding carboxylic acids is 2. The Morgan fingerprint density at radius 1 is 1.13 bits per heavy atom. The molecule has 31 heavy (non-hydrogen) atoms. The molecule has 8 nitrogen and oxygen atoms in total. The number of esters is 1. The number of ether oxygens (including phenoxy) is 3. The highest BCUT2D eigenvalue weighted by molar-refractivity contribution is 6.00. The zero-order valence-electron chi connectivity index (χ0n) is 17.4. The highest BCUT2D eigenvalue weighted by Crippen LogP contribution is 2.32. The van der Waals surface area contributed by atoms with Crippen molar-refractivity contribution < 1.29 is 23.8 Å². The molecule has 0 spiro atoms. The number of nitriles is 1. The molecule has 0 fully saturated rings. The molecule has 1 N–H and O–H groups in total. The summed E-state index contributed by atoms with van der Waals surface area (Å²) in [6.07, 6.45) is 2.20. The highest BCUT2D eigenvalue weighted by Gasteiger charge is 2.15. The van der Waals surface area contributed by atoms with Gasteiger partial charge >= 0.3 is 5.97 Å². The minimum Gasteiger partial charge on any atom is -0.490 e. The summed E-state index contributed by atoms with van der Waals surface area (Å²) in [4.78, 5) is 26.3. The Hall–Kier alpha value is -3.99. The first-order chi connectivity index (χ1) is 15.0. The second-order valence-corrected chi connectivity index (χ2v) is 6.99. The Bertz CT molecular complexity index is 1020. The summed E-state index contributed by atoms with van der Waals surface area (Å²) in [6.45, 7) is 0.582. The van der Waals surface area contributed by atoms with E-state index in [9.17, 15) is 14.9 Å². The van der Waals surface area contributed by atoms with E-state index in [1.165, 1.54) is 6.08 Å². The van der Waals surface area contributed by atoms with Gasteiger partial charge in [0.2, 0.25) is 0 Å². The van der Waals surface area contributed by atoms with Gasteiger partial charge in [0.05, 0.1) is 13.2 Å². The summed E-state index contributed by atoms with van der Waals surface area (Å²) >= 11 is 0. The third-order valence-electron chi connectivity index (χ3n) is 4.43. The minimum atomic E-state index is -0.868. The van der Waals surface area contributed by atoms with Crippen molar-refractivity contribution in [1.29, 1.82) is 5.26 Å². The number of nitrogens with one attached hydrogen (secondary N) is 1. The molecule has 3 rings (SSSR count). The van der Waals surface area contributed by atoms with Crippen LogP contribution in [0.4, 0.5) is 11.4 Å². The maximum Gasteiger partial charge on any atom is 0.349 e. The molecular weight excluding hydrogens is 398 g/mol. The maximum atomic E-state index is 12.2. The molecule has 1 amide bonds. The molecule has 0 aliphatic carbocycles. The Morgan fingerprint density at radius 2 is 1.84 bits per heavy atom. The molecule has 1 heterocycles. The van der Waals surface area contributed by atoms with Crippen LogP contribution in [0, 0.1) is 11.3 Å². The number of hydrogen-bond donors (Lipinski definition) is 1. The number of amides is 1. The highest BCUT2D eigenvalue weighted by atomic mass is 16.5. The van der Waals surface area contributed by atoms with E-state index in [2.05, 4.69) is 5.32 Å². The van der Waals surface area contributed by atoms with E-state index in [0.29, 0.717) is 36.0 Å². The van der Waals surface area contributed by atoms with E-state index in [0.717, 1.165) is 12.1 Å². The van der Waals surface area contributed by atoms with Crippen molar-refractivity contribution in [3.05, 3.63) is 53.6 Å². The Balaban J connectivity index is 1.57. The van der Waals surface area contributed by atoms with Gasteiger partial charge in [-0.05, 0) is 35.9 Å². The van der Waals surface area contributed by atoms with Crippen molar-refractivity contribution >= 4 is 29.3 Å². The smallest absolute Gasteiger partial charge is 0.349 e. The molecule has 0 aromatic heterocycles. The number of hydrogen-bond acceptors (Lipinski definition) is 7. The van der Waals surface area contributed by atoms with Crippen LogP contribution in [0.5, 0.6) is 11.5 Å². The number of carbonyl (C=O) groups is 2. The lowest BCUT2D eigenvalue weighted by Gasteiger charge is -2.12. The zero-order valence-corrected chi connectivity index (χ0v) is 17.4. The van der Waals surface area contributed by atoms with E-state index in [1.807, 2.05) is 37.2 Å². The maximum absolute atomic E-state index is 12.2. The SMILES string of the molecule is CN(C)c1ccc(/C=C(\C#N)C(=O)OCC(=O)Nc2ccc3c(c2)OCCCO3)cc1. The van der Waals surface area contributed by atoms with Gasteiger partial charge in [-0.25, -0.2) is 4.79 Å². The van der Waals surface area contributed by atoms with Gasteiger partial charge in [-0.2, -0.15) is 5.26 Å². The van der Waals surface area contributed by atoms with Crippen LogP contribution < -0.4 is 19.7 Å². The van der Waals surface area contributed by atoms with Crippen molar-refractivity contribution in [1.82, 2.24) is 0 Å². The monoisotopic (exact) mass is 421 g/mol. The zero-order chi connectivity index (χ0) is 22.2. The Morgan fingerprint density at radius 3 is 2.52 bits per heavy atom. The predicted octanol–water partition coefficient (Wildman–Crippen LogP) is 3.00. The molecular formula is C23H23N3O5. The lowest BCUT2D eigenvalue weighted by molar-refractivity contribution is -0.142. The van der Waals surface area contributed by atoms with Gasteiger partial charge in [0.25, 0.3) is 5.91 Å². The third-order valence-corrected chi connectivity index (χ3v) is 4.43. The average molecular weight is 421 g/mol. The quantitative estimate of drug-likeness (QED) is 0.435. The molecule has 0 bridgehead atoms. The summed E-state index contributed by atoms with van der Waals surface area (Å²) in [6, 6.07) is 14.2. The van der Waals surface area contributed by atoms with Crippen molar-refractivity contribution in [2.45, 2.75) is 6.42 Å². The van der Waals surface area contributed by atoms with Crippen molar-refractivity contribution in [3.8, 4) is 17.6 Å². The Labute approximate surface area is 180 Å². The number of nitrogens with zero attached hydrogens (tertiary/aromatic N) is 2. The van der Waals surface area contributed by atoms with Crippen LogP contribution >= 0.6 is 0 Å². The van der Waals surface area contributed by atoms with Gasteiger partial charge in [-0.15, -0.1) is 0 Å². The summed E-state index contributed by atoms with van der Waals surface area (Å²) in [5.74, 6) is -0.241. The molecule has 2 aromatic rings. The largest absolute Gasteiger partial charge is 0.490 e. The molecule has 0 saturated heterocycles. The van der Waals surface area contributed by atoms with Crippen molar-refractivity contribution in [2.75, 3.05) is 44.1 Å². The van der Waals surface area contributed by atoms with Crippen LogP contribution in [0.2, 0.25) is 0 Å². The van der Waals surface area contributed by atoms with Gasteiger partial charge < -0.3 is 24.4 Å². The second kappa shape index (κ2) is 10.2. The second-order valence-electron chi connectivity index (χ2n) is 6.99. The van der Waals surface area contributed by atoms with Crippen LogP contribution in [-0.2, 0) is 14.3 Å². The fraction of sp³-hybridized carbons (Fsp3) is 0.261. The normalized spacial score (nSPS) is 12.9. The topological polar surface area (TPSA) is 101 Å². The van der Waals surface area contributed by atoms with Gasteiger partial charge in [-0.1, -0.05) is 12.1 Å². The summed E-state index contributed by atoms with van der Waals surface area (Å²) in [5, 5.41) is 11.9.